The zero-order chi connectivity index (χ0) is 9.56. The van der Waals surface area contributed by atoms with E-state index in [2.05, 4.69) is 29.8 Å². The molecule has 0 heterocycles. The highest BCUT2D eigenvalue weighted by Gasteiger charge is 2.11. The lowest BCUT2D eigenvalue weighted by Gasteiger charge is -2.23. The van der Waals surface area contributed by atoms with Gasteiger partial charge in [0, 0.05) is 13.1 Å². The summed E-state index contributed by atoms with van der Waals surface area (Å²) in [6.45, 7) is 8.04. The van der Waals surface area contributed by atoms with Crippen LogP contribution in [0, 0.1) is 5.92 Å². The maximum Gasteiger partial charge on any atom is 0.233 e. The lowest BCUT2D eigenvalue weighted by Crippen LogP contribution is -2.35. The third-order valence-electron chi connectivity index (χ3n) is 2.08. The zero-order valence-corrected chi connectivity index (χ0v) is 9.73. The van der Waals surface area contributed by atoms with E-state index in [0.29, 0.717) is 11.2 Å². The number of carbonyl (C=O) groups excluding carboxylic acids is 1. The first-order chi connectivity index (χ1) is 5.65. The summed E-state index contributed by atoms with van der Waals surface area (Å²) in [6.07, 6.45) is 1.13. The highest BCUT2D eigenvalue weighted by atomic mass is 79.9. The molecule has 12 heavy (non-hydrogen) atoms. The molecular formula is C9H18BrNO. The van der Waals surface area contributed by atoms with Crippen molar-refractivity contribution in [3.8, 4) is 0 Å². The molecule has 0 aromatic carbocycles. The summed E-state index contributed by atoms with van der Waals surface area (Å²) in [5.41, 5.74) is 0. The molecule has 0 rings (SSSR count). The minimum Gasteiger partial charge on any atom is -0.342 e. The van der Waals surface area contributed by atoms with E-state index in [1.54, 1.807) is 0 Å². The maximum atomic E-state index is 11.3. The predicted octanol–water partition coefficient (Wildman–Crippen LogP) is 2.28. The third kappa shape index (κ3) is 4.10. The van der Waals surface area contributed by atoms with E-state index in [1.807, 2.05) is 11.8 Å². The van der Waals surface area contributed by atoms with Crippen LogP contribution in [0.25, 0.3) is 0 Å². The molecule has 72 valence electrons. The summed E-state index contributed by atoms with van der Waals surface area (Å²) in [7, 11) is 0. The van der Waals surface area contributed by atoms with Crippen molar-refractivity contribution in [2.24, 2.45) is 5.92 Å². The average molecular weight is 236 g/mol. The number of rotatable bonds is 5. The molecule has 0 aromatic heterocycles. The maximum absolute atomic E-state index is 11.3. The molecule has 0 N–H and O–H groups in total. The Labute approximate surface area is 83.4 Å². The SMILES string of the molecule is CCC(C)CN(CC)C(=O)CBr. The van der Waals surface area contributed by atoms with Crippen molar-refractivity contribution in [2.45, 2.75) is 27.2 Å². The van der Waals surface area contributed by atoms with Crippen LogP contribution in [0.2, 0.25) is 0 Å². The normalized spacial score (nSPS) is 12.7. The smallest absolute Gasteiger partial charge is 0.233 e. The largest absolute Gasteiger partial charge is 0.342 e. The fraction of sp³-hybridized carbons (Fsp3) is 0.889. The van der Waals surface area contributed by atoms with Crippen LogP contribution in [-0.4, -0.2) is 29.2 Å². The average Bonchev–Trinajstić information content (AvgIpc) is 2.12. The van der Waals surface area contributed by atoms with Crippen molar-refractivity contribution in [3.63, 3.8) is 0 Å². The van der Waals surface area contributed by atoms with E-state index >= 15 is 0 Å². The number of amides is 1. The van der Waals surface area contributed by atoms with E-state index < -0.39 is 0 Å². The second-order valence-electron chi connectivity index (χ2n) is 3.08. The molecule has 0 aliphatic carbocycles. The van der Waals surface area contributed by atoms with Crippen LogP contribution in [0.15, 0.2) is 0 Å². The zero-order valence-electron chi connectivity index (χ0n) is 8.14. The van der Waals surface area contributed by atoms with Crippen molar-refractivity contribution in [2.75, 3.05) is 18.4 Å². The quantitative estimate of drug-likeness (QED) is 0.670. The lowest BCUT2D eigenvalue weighted by molar-refractivity contribution is -0.128. The Morgan fingerprint density at radius 1 is 1.50 bits per heavy atom. The topological polar surface area (TPSA) is 20.3 Å². The van der Waals surface area contributed by atoms with Crippen molar-refractivity contribution >= 4 is 21.8 Å². The molecule has 0 saturated heterocycles. The van der Waals surface area contributed by atoms with Gasteiger partial charge in [-0.3, -0.25) is 4.79 Å². The van der Waals surface area contributed by atoms with Crippen LogP contribution < -0.4 is 0 Å². The molecule has 0 aliphatic heterocycles. The van der Waals surface area contributed by atoms with E-state index in [4.69, 9.17) is 0 Å². The van der Waals surface area contributed by atoms with Crippen LogP contribution >= 0.6 is 15.9 Å². The van der Waals surface area contributed by atoms with Gasteiger partial charge in [-0.15, -0.1) is 0 Å². The van der Waals surface area contributed by atoms with Gasteiger partial charge in [0.1, 0.15) is 0 Å². The van der Waals surface area contributed by atoms with Crippen molar-refractivity contribution in [1.29, 1.82) is 0 Å². The minimum atomic E-state index is 0.192. The highest BCUT2D eigenvalue weighted by Crippen LogP contribution is 2.04. The summed E-state index contributed by atoms with van der Waals surface area (Å²) < 4.78 is 0. The Morgan fingerprint density at radius 2 is 2.08 bits per heavy atom. The third-order valence-corrected chi connectivity index (χ3v) is 2.56. The molecule has 3 heteroatoms. The number of halogens is 1. The Morgan fingerprint density at radius 3 is 2.42 bits per heavy atom. The van der Waals surface area contributed by atoms with Crippen LogP contribution in [-0.2, 0) is 4.79 Å². The van der Waals surface area contributed by atoms with E-state index in [1.165, 1.54) is 0 Å². The Bertz CT molecular complexity index is 138. The van der Waals surface area contributed by atoms with Gasteiger partial charge >= 0.3 is 0 Å². The molecule has 0 saturated carbocycles. The summed E-state index contributed by atoms with van der Waals surface area (Å²) in [5, 5.41) is 0.442. The van der Waals surface area contributed by atoms with E-state index in [9.17, 15) is 4.79 Å². The monoisotopic (exact) mass is 235 g/mol. The van der Waals surface area contributed by atoms with Crippen molar-refractivity contribution in [3.05, 3.63) is 0 Å². The highest BCUT2D eigenvalue weighted by molar-refractivity contribution is 9.09. The fourth-order valence-electron chi connectivity index (χ4n) is 0.997. The van der Waals surface area contributed by atoms with Gasteiger partial charge in [0.2, 0.25) is 5.91 Å². The number of hydrogen-bond donors (Lipinski definition) is 0. The van der Waals surface area contributed by atoms with Crippen LogP contribution in [0.4, 0.5) is 0 Å². The summed E-state index contributed by atoms with van der Waals surface area (Å²) in [5.74, 6) is 0.797. The molecule has 1 atom stereocenters. The van der Waals surface area contributed by atoms with Gasteiger partial charge in [-0.05, 0) is 12.8 Å². The first kappa shape index (κ1) is 11.9. The molecule has 0 aromatic rings. The number of hydrogen-bond acceptors (Lipinski definition) is 1. The second kappa shape index (κ2) is 6.46. The molecule has 1 unspecified atom stereocenters. The molecule has 0 aliphatic rings. The molecular weight excluding hydrogens is 218 g/mol. The first-order valence-electron chi connectivity index (χ1n) is 4.49. The first-order valence-corrected chi connectivity index (χ1v) is 5.61. The molecule has 0 radical (unpaired) electrons. The molecule has 0 bridgehead atoms. The number of alkyl halides is 1. The van der Waals surface area contributed by atoms with E-state index in [0.717, 1.165) is 19.5 Å². The lowest BCUT2D eigenvalue weighted by atomic mass is 10.1. The van der Waals surface area contributed by atoms with E-state index in [-0.39, 0.29) is 5.91 Å². The summed E-state index contributed by atoms with van der Waals surface area (Å²) in [4.78, 5) is 13.2. The minimum absolute atomic E-state index is 0.192. The summed E-state index contributed by atoms with van der Waals surface area (Å²) >= 11 is 3.18. The van der Waals surface area contributed by atoms with Crippen LogP contribution in [0.1, 0.15) is 27.2 Å². The standard InChI is InChI=1S/C9H18BrNO/c1-4-8(3)7-11(5-2)9(12)6-10/h8H,4-7H2,1-3H3. The van der Waals surface area contributed by atoms with Gasteiger partial charge in [-0.2, -0.15) is 0 Å². The molecule has 1 amide bonds. The fourth-order valence-corrected chi connectivity index (χ4v) is 1.35. The van der Waals surface area contributed by atoms with Gasteiger partial charge in [0.25, 0.3) is 0 Å². The Kier molecular flexibility index (Phi) is 6.44. The van der Waals surface area contributed by atoms with Gasteiger partial charge in [-0.1, -0.05) is 36.2 Å². The second-order valence-corrected chi connectivity index (χ2v) is 3.64. The number of nitrogens with zero attached hydrogens (tertiary/aromatic N) is 1. The van der Waals surface area contributed by atoms with Gasteiger partial charge in [0.05, 0.1) is 5.33 Å². The predicted molar refractivity (Wildman–Crippen MR) is 55.5 cm³/mol. The van der Waals surface area contributed by atoms with Gasteiger partial charge in [0.15, 0.2) is 0 Å². The molecule has 0 fully saturated rings. The van der Waals surface area contributed by atoms with Crippen molar-refractivity contribution < 1.29 is 4.79 Å². The molecule has 0 spiro atoms. The number of carbonyl (C=O) groups is 1. The Balaban J connectivity index is 3.90. The van der Waals surface area contributed by atoms with Gasteiger partial charge in [-0.25, -0.2) is 0 Å². The van der Waals surface area contributed by atoms with Gasteiger partial charge < -0.3 is 4.90 Å². The summed E-state index contributed by atoms with van der Waals surface area (Å²) in [6, 6.07) is 0. The van der Waals surface area contributed by atoms with Crippen LogP contribution in [0.5, 0.6) is 0 Å². The Hall–Kier alpha value is -0.0500. The van der Waals surface area contributed by atoms with Crippen molar-refractivity contribution in [1.82, 2.24) is 4.90 Å². The molecule has 2 nitrogen and oxygen atoms in total. The van der Waals surface area contributed by atoms with Crippen LogP contribution in [0.3, 0.4) is 0 Å².